The zero-order valence-electron chi connectivity index (χ0n) is 19.9. The zero-order chi connectivity index (χ0) is 24.0. The van der Waals surface area contributed by atoms with Crippen molar-refractivity contribution >= 4 is 23.2 Å². The Labute approximate surface area is 209 Å². The maximum atomic E-state index is 13.0. The van der Waals surface area contributed by atoms with Gasteiger partial charge in [0.1, 0.15) is 19.0 Å². The Kier molecular flexibility index (Phi) is 7.42. The maximum absolute atomic E-state index is 13.0. The van der Waals surface area contributed by atoms with Crippen molar-refractivity contribution in [2.75, 3.05) is 31.4 Å². The van der Waals surface area contributed by atoms with Crippen molar-refractivity contribution < 1.29 is 19.0 Å². The average molecular weight is 495 g/mol. The molecule has 2 heterocycles. The predicted molar refractivity (Wildman–Crippen MR) is 135 cm³/mol. The Bertz CT molecular complexity index is 1180. The van der Waals surface area contributed by atoms with Crippen LogP contribution in [0.25, 0.3) is 0 Å². The molecule has 184 valence electrons. The van der Waals surface area contributed by atoms with Crippen LogP contribution in [0.15, 0.2) is 47.6 Å². The number of hydrogen-bond acceptors (Lipinski definition) is 8. The number of thioether (sulfide) groups is 1. The van der Waals surface area contributed by atoms with Crippen molar-refractivity contribution in [3.8, 4) is 17.2 Å². The first-order chi connectivity index (χ1) is 17.2. The number of benzene rings is 2. The molecule has 35 heavy (non-hydrogen) atoms. The fourth-order valence-electron chi connectivity index (χ4n) is 4.58. The molecule has 0 atom stereocenters. The van der Waals surface area contributed by atoms with Crippen molar-refractivity contribution in [2.45, 2.75) is 49.8 Å². The van der Waals surface area contributed by atoms with Crippen LogP contribution >= 0.6 is 11.8 Å². The molecule has 1 N–H and O–H groups in total. The predicted octanol–water partition coefficient (Wildman–Crippen LogP) is 5.15. The number of anilines is 1. The number of fused-ring (bicyclic) bond motifs is 1. The van der Waals surface area contributed by atoms with E-state index in [9.17, 15) is 4.79 Å². The highest BCUT2D eigenvalue weighted by molar-refractivity contribution is 7.99. The van der Waals surface area contributed by atoms with E-state index in [2.05, 4.69) is 20.1 Å². The molecule has 1 aliphatic carbocycles. The summed E-state index contributed by atoms with van der Waals surface area (Å²) >= 11 is 1.45. The second-order valence-corrected chi connectivity index (χ2v) is 9.66. The molecule has 2 aliphatic rings. The monoisotopic (exact) mass is 494 g/mol. The van der Waals surface area contributed by atoms with Crippen LogP contribution < -0.4 is 19.5 Å². The fourth-order valence-corrected chi connectivity index (χ4v) is 5.50. The SMILES string of the molecule is COc1cccc(NCc2nnc(SCC(=O)c3ccc4c(c3)OCCO4)n2C2CCCCC2)c1. The van der Waals surface area contributed by atoms with Gasteiger partial charge in [-0.05, 0) is 43.2 Å². The van der Waals surface area contributed by atoms with Crippen molar-refractivity contribution in [2.24, 2.45) is 0 Å². The van der Waals surface area contributed by atoms with Gasteiger partial charge >= 0.3 is 0 Å². The number of hydrogen-bond donors (Lipinski definition) is 1. The zero-order valence-corrected chi connectivity index (χ0v) is 20.7. The van der Waals surface area contributed by atoms with Crippen molar-refractivity contribution in [3.63, 3.8) is 0 Å². The maximum Gasteiger partial charge on any atom is 0.191 e. The lowest BCUT2D eigenvalue weighted by atomic mass is 9.95. The largest absolute Gasteiger partial charge is 0.497 e. The molecule has 0 amide bonds. The number of carbonyl (C=O) groups excluding carboxylic acids is 1. The molecule has 1 aliphatic heterocycles. The van der Waals surface area contributed by atoms with Crippen LogP contribution in [0.3, 0.4) is 0 Å². The van der Waals surface area contributed by atoms with Crippen molar-refractivity contribution in [3.05, 3.63) is 53.9 Å². The minimum atomic E-state index is 0.0289. The van der Waals surface area contributed by atoms with E-state index in [0.717, 1.165) is 35.3 Å². The lowest BCUT2D eigenvalue weighted by Gasteiger charge is -2.25. The molecular formula is C26H30N4O4S. The third-order valence-corrected chi connectivity index (χ3v) is 7.33. The number of nitrogens with one attached hydrogen (secondary N) is 1. The van der Waals surface area contributed by atoms with E-state index in [4.69, 9.17) is 14.2 Å². The Hall–Kier alpha value is -3.20. The van der Waals surface area contributed by atoms with Gasteiger partial charge in [0.25, 0.3) is 0 Å². The van der Waals surface area contributed by atoms with Gasteiger partial charge in [-0.25, -0.2) is 0 Å². The summed E-state index contributed by atoms with van der Waals surface area (Å²) in [6.45, 7) is 1.58. The first kappa shape index (κ1) is 23.5. The van der Waals surface area contributed by atoms with E-state index in [0.29, 0.717) is 42.9 Å². The van der Waals surface area contributed by atoms with Crippen LogP contribution in [0, 0.1) is 0 Å². The normalized spacial score (nSPS) is 15.6. The standard InChI is InChI=1S/C26H30N4O4S/c1-32-21-9-5-6-19(15-21)27-16-25-28-29-26(30(25)20-7-3-2-4-8-20)35-17-22(31)18-10-11-23-24(14-18)34-13-12-33-23/h5-6,9-11,14-15,20,27H,2-4,7-8,12-13,16-17H2,1H3. The molecule has 3 aromatic rings. The summed E-state index contributed by atoms with van der Waals surface area (Å²) in [5.41, 5.74) is 1.58. The Morgan fingerprint density at radius 2 is 1.91 bits per heavy atom. The van der Waals surface area contributed by atoms with Crippen LogP contribution in [0.4, 0.5) is 5.69 Å². The molecule has 0 bridgehead atoms. The third kappa shape index (κ3) is 5.56. The highest BCUT2D eigenvalue weighted by Gasteiger charge is 2.24. The number of carbonyl (C=O) groups is 1. The first-order valence-electron chi connectivity index (χ1n) is 12.1. The van der Waals surface area contributed by atoms with Gasteiger partial charge < -0.3 is 24.1 Å². The molecule has 8 nitrogen and oxygen atoms in total. The smallest absolute Gasteiger partial charge is 0.191 e. The third-order valence-electron chi connectivity index (χ3n) is 6.39. The van der Waals surface area contributed by atoms with Gasteiger partial charge in [-0.1, -0.05) is 37.1 Å². The van der Waals surface area contributed by atoms with Crippen LogP contribution in [0.1, 0.15) is 54.3 Å². The lowest BCUT2D eigenvalue weighted by Crippen LogP contribution is -2.18. The number of nitrogens with zero attached hydrogens (tertiary/aromatic N) is 3. The molecule has 0 spiro atoms. The molecule has 0 saturated heterocycles. The highest BCUT2D eigenvalue weighted by Crippen LogP contribution is 2.34. The van der Waals surface area contributed by atoms with Crippen LogP contribution in [0.5, 0.6) is 17.2 Å². The van der Waals surface area contributed by atoms with Gasteiger partial charge in [0.2, 0.25) is 0 Å². The van der Waals surface area contributed by atoms with Crippen LogP contribution in [0.2, 0.25) is 0 Å². The Morgan fingerprint density at radius 3 is 2.74 bits per heavy atom. The highest BCUT2D eigenvalue weighted by atomic mass is 32.2. The molecule has 2 aromatic carbocycles. The molecule has 1 aromatic heterocycles. The molecule has 0 unspecified atom stereocenters. The topological polar surface area (TPSA) is 87.5 Å². The summed E-state index contributed by atoms with van der Waals surface area (Å²) < 4.78 is 18.8. The van der Waals surface area contributed by atoms with Gasteiger partial charge in [0.15, 0.2) is 28.3 Å². The van der Waals surface area contributed by atoms with Gasteiger partial charge in [-0.15, -0.1) is 10.2 Å². The van der Waals surface area contributed by atoms with Crippen LogP contribution in [-0.2, 0) is 6.54 Å². The van der Waals surface area contributed by atoms with E-state index in [1.54, 1.807) is 25.3 Å². The molecule has 9 heteroatoms. The Balaban J connectivity index is 1.30. The van der Waals surface area contributed by atoms with Crippen LogP contribution in [-0.4, -0.2) is 46.6 Å². The molecule has 1 saturated carbocycles. The molecule has 1 fully saturated rings. The molecule has 5 rings (SSSR count). The Morgan fingerprint density at radius 1 is 1.09 bits per heavy atom. The van der Waals surface area contributed by atoms with E-state index in [-0.39, 0.29) is 11.5 Å². The van der Waals surface area contributed by atoms with Crippen molar-refractivity contribution in [1.82, 2.24) is 14.8 Å². The van der Waals surface area contributed by atoms with Gasteiger partial charge in [0, 0.05) is 23.4 Å². The van der Waals surface area contributed by atoms with E-state index in [1.165, 1.54) is 31.0 Å². The number of rotatable bonds is 9. The summed E-state index contributed by atoms with van der Waals surface area (Å²) in [4.78, 5) is 13.0. The lowest BCUT2D eigenvalue weighted by molar-refractivity contribution is 0.102. The minimum Gasteiger partial charge on any atom is -0.497 e. The number of ketones is 1. The van der Waals surface area contributed by atoms with Gasteiger partial charge in [0.05, 0.1) is 19.4 Å². The summed E-state index contributed by atoms with van der Waals surface area (Å²) in [6.07, 6.45) is 5.88. The summed E-state index contributed by atoms with van der Waals surface area (Å²) in [5.74, 6) is 3.32. The van der Waals surface area contributed by atoms with E-state index < -0.39 is 0 Å². The first-order valence-corrected chi connectivity index (χ1v) is 13.1. The second kappa shape index (κ2) is 11.0. The molecule has 0 radical (unpaired) electrons. The van der Waals surface area contributed by atoms with E-state index in [1.807, 2.05) is 24.3 Å². The summed E-state index contributed by atoms with van der Waals surface area (Å²) in [5, 5.41) is 13.2. The number of Topliss-reactive ketones (excluding diaryl/α,β-unsaturated/α-hetero) is 1. The number of aromatic nitrogens is 3. The van der Waals surface area contributed by atoms with Crippen molar-refractivity contribution in [1.29, 1.82) is 0 Å². The quantitative estimate of drug-likeness (QED) is 0.323. The fraction of sp³-hybridized carbons (Fsp3) is 0.423. The second-order valence-electron chi connectivity index (χ2n) is 8.72. The molecular weight excluding hydrogens is 464 g/mol. The van der Waals surface area contributed by atoms with Gasteiger partial charge in [-0.3, -0.25) is 4.79 Å². The van der Waals surface area contributed by atoms with E-state index >= 15 is 0 Å². The summed E-state index contributed by atoms with van der Waals surface area (Å²) in [6, 6.07) is 13.6. The number of methoxy groups -OCH3 is 1. The number of ether oxygens (including phenoxy) is 3. The average Bonchev–Trinajstić information content (AvgIpc) is 3.33. The summed E-state index contributed by atoms with van der Waals surface area (Å²) in [7, 11) is 1.66. The minimum absolute atomic E-state index is 0.0289. The van der Waals surface area contributed by atoms with Gasteiger partial charge in [-0.2, -0.15) is 0 Å².